The Morgan fingerprint density at radius 1 is 1.21 bits per heavy atom. The molecule has 0 unspecified atom stereocenters. The number of anilines is 2. The van der Waals surface area contributed by atoms with Crippen LogP contribution in [-0.4, -0.2) is 9.97 Å². The van der Waals surface area contributed by atoms with Crippen LogP contribution in [0.25, 0.3) is 0 Å². The Bertz CT molecular complexity index is 464. The second kappa shape index (κ2) is 3.74. The molecule has 2 N–H and O–H groups in total. The van der Waals surface area contributed by atoms with Gasteiger partial charge in [0.25, 0.3) is 5.56 Å². The molecule has 2 aromatic heterocycles. The summed E-state index contributed by atoms with van der Waals surface area (Å²) in [4.78, 5) is 17.9. The zero-order chi connectivity index (χ0) is 9.80. The minimum atomic E-state index is -0.154. The number of rotatable bonds is 2. The molecule has 0 fully saturated rings. The van der Waals surface area contributed by atoms with Crippen LogP contribution in [-0.2, 0) is 0 Å². The van der Waals surface area contributed by atoms with Crippen molar-refractivity contribution >= 4 is 11.5 Å². The Morgan fingerprint density at radius 2 is 2.14 bits per heavy atom. The van der Waals surface area contributed by atoms with E-state index in [2.05, 4.69) is 15.3 Å². The van der Waals surface area contributed by atoms with Crippen LogP contribution in [0.3, 0.4) is 0 Å². The fourth-order valence-electron chi connectivity index (χ4n) is 1.09. The molecule has 0 spiro atoms. The molecule has 2 aromatic rings. The highest BCUT2D eigenvalue weighted by atomic mass is 16.1. The van der Waals surface area contributed by atoms with Crippen LogP contribution in [0, 0.1) is 0 Å². The number of pyridine rings is 2. The monoisotopic (exact) mass is 187 g/mol. The predicted octanol–water partition coefficient (Wildman–Crippen LogP) is 1.51. The molecule has 4 nitrogen and oxygen atoms in total. The number of nitrogens with zero attached hydrogens (tertiary/aromatic N) is 1. The molecule has 0 amide bonds. The van der Waals surface area contributed by atoms with Gasteiger partial charge in [-0.05, 0) is 24.3 Å². The van der Waals surface area contributed by atoms with Crippen molar-refractivity contribution in [2.75, 3.05) is 5.32 Å². The molecule has 14 heavy (non-hydrogen) atoms. The summed E-state index contributed by atoms with van der Waals surface area (Å²) in [5, 5.41) is 2.92. The Hall–Kier alpha value is -2.10. The average Bonchev–Trinajstić information content (AvgIpc) is 2.23. The lowest BCUT2D eigenvalue weighted by Crippen LogP contribution is -2.10. The SMILES string of the molecule is O=c1[nH]cccc1Nc1ccccn1. The lowest BCUT2D eigenvalue weighted by molar-refractivity contribution is 1.22. The summed E-state index contributed by atoms with van der Waals surface area (Å²) in [6, 6.07) is 8.93. The summed E-state index contributed by atoms with van der Waals surface area (Å²) >= 11 is 0. The first-order valence-electron chi connectivity index (χ1n) is 4.22. The first-order valence-corrected chi connectivity index (χ1v) is 4.22. The summed E-state index contributed by atoms with van der Waals surface area (Å²) in [6.45, 7) is 0. The highest BCUT2D eigenvalue weighted by Crippen LogP contribution is 2.07. The van der Waals surface area contributed by atoms with Gasteiger partial charge in [-0.2, -0.15) is 0 Å². The molecule has 70 valence electrons. The van der Waals surface area contributed by atoms with E-state index in [0.717, 1.165) is 0 Å². The van der Waals surface area contributed by atoms with Crippen molar-refractivity contribution in [3.63, 3.8) is 0 Å². The molecule has 0 aliphatic carbocycles. The summed E-state index contributed by atoms with van der Waals surface area (Å²) in [7, 11) is 0. The normalized spacial score (nSPS) is 9.71. The predicted molar refractivity (Wildman–Crippen MR) is 54.6 cm³/mol. The summed E-state index contributed by atoms with van der Waals surface area (Å²) in [5.74, 6) is 0.657. The molecule has 0 saturated heterocycles. The Labute approximate surface area is 80.6 Å². The Balaban J connectivity index is 2.28. The maximum Gasteiger partial charge on any atom is 0.271 e. The van der Waals surface area contributed by atoms with Crippen molar-refractivity contribution in [3.8, 4) is 0 Å². The number of nitrogens with one attached hydrogen (secondary N) is 2. The lowest BCUT2D eigenvalue weighted by atomic mass is 10.4. The van der Waals surface area contributed by atoms with E-state index < -0.39 is 0 Å². The number of aromatic amines is 1. The van der Waals surface area contributed by atoms with Gasteiger partial charge in [-0.25, -0.2) is 4.98 Å². The molecule has 0 atom stereocenters. The molecule has 0 aliphatic heterocycles. The van der Waals surface area contributed by atoms with Crippen LogP contribution in [0.1, 0.15) is 0 Å². The number of aromatic nitrogens is 2. The summed E-state index contributed by atoms with van der Waals surface area (Å²) < 4.78 is 0. The Kier molecular flexibility index (Phi) is 2.27. The highest BCUT2D eigenvalue weighted by Gasteiger charge is 1.97. The first-order chi connectivity index (χ1) is 6.86. The van der Waals surface area contributed by atoms with Crippen LogP contribution in [0.5, 0.6) is 0 Å². The molecule has 4 heteroatoms. The van der Waals surface area contributed by atoms with Gasteiger partial charge in [0.1, 0.15) is 11.5 Å². The third kappa shape index (κ3) is 1.80. The van der Waals surface area contributed by atoms with Gasteiger partial charge in [0.15, 0.2) is 0 Å². The van der Waals surface area contributed by atoms with Gasteiger partial charge in [-0.1, -0.05) is 6.07 Å². The van der Waals surface area contributed by atoms with Crippen molar-refractivity contribution in [3.05, 3.63) is 53.1 Å². The van der Waals surface area contributed by atoms with Gasteiger partial charge in [-0.3, -0.25) is 4.79 Å². The highest BCUT2D eigenvalue weighted by molar-refractivity contribution is 5.53. The molecule has 0 bridgehead atoms. The molecular weight excluding hydrogens is 178 g/mol. The molecule has 0 saturated carbocycles. The van der Waals surface area contributed by atoms with E-state index in [9.17, 15) is 4.79 Å². The van der Waals surface area contributed by atoms with Crippen LogP contribution < -0.4 is 10.9 Å². The lowest BCUT2D eigenvalue weighted by Gasteiger charge is -2.02. The van der Waals surface area contributed by atoms with Crippen LogP contribution in [0.4, 0.5) is 11.5 Å². The summed E-state index contributed by atoms with van der Waals surface area (Å²) in [5.41, 5.74) is 0.337. The van der Waals surface area contributed by atoms with E-state index in [4.69, 9.17) is 0 Å². The van der Waals surface area contributed by atoms with E-state index in [1.54, 1.807) is 30.6 Å². The standard InChI is InChI=1S/C10H9N3O/c14-10-8(4-3-7-12-10)13-9-5-1-2-6-11-9/h1-7H,(H,11,13)(H,12,14). The number of hydrogen-bond acceptors (Lipinski definition) is 3. The van der Waals surface area contributed by atoms with Crippen molar-refractivity contribution in [2.24, 2.45) is 0 Å². The van der Waals surface area contributed by atoms with Gasteiger partial charge < -0.3 is 10.3 Å². The third-order valence-corrected chi connectivity index (χ3v) is 1.75. The molecule has 0 aliphatic rings. The summed E-state index contributed by atoms with van der Waals surface area (Å²) in [6.07, 6.45) is 3.26. The van der Waals surface area contributed by atoms with E-state index in [0.29, 0.717) is 11.5 Å². The number of H-pyrrole nitrogens is 1. The minimum Gasteiger partial charge on any atom is -0.336 e. The quantitative estimate of drug-likeness (QED) is 0.749. The minimum absolute atomic E-state index is 0.154. The maximum absolute atomic E-state index is 11.3. The van der Waals surface area contributed by atoms with Crippen molar-refractivity contribution in [2.45, 2.75) is 0 Å². The zero-order valence-corrected chi connectivity index (χ0v) is 7.40. The first kappa shape index (κ1) is 8.50. The molecular formula is C10H9N3O. The maximum atomic E-state index is 11.3. The molecule has 2 rings (SSSR count). The van der Waals surface area contributed by atoms with Gasteiger partial charge in [0, 0.05) is 12.4 Å². The Morgan fingerprint density at radius 3 is 2.86 bits per heavy atom. The molecule has 0 radical (unpaired) electrons. The molecule has 2 heterocycles. The van der Waals surface area contributed by atoms with Crippen molar-refractivity contribution in [1.82, 2.24) is 9.97 Å². The largest absolute Gasteiger partial charge is 0.336 e. The van der Waals surface area contributed by atoms with Crippen molar-refractivity contribution in [1.29, 1.82) is 0 Å². The van der Waals surface area contributed by atoms with E-state index in [1.165, 1.54) is 0 Å². The van der Waals surface area contributed by atoms with Gasteiger partial charge in [-0.15, -0.1) is 0 Å². The fourth-order valence-corrected chi connectivity index (χ4v) is 1.09. The topological polar surface area (TPSA) is 57.8 Å². The van der Waals surface area contributed by atoms with Crippen LogP contribution >= 0.6 is 0 Å². The van der Waals surface area contributed by atoms with E-state index >= 15 is 0 Å². The average molecular weight is 187 g/mol. The second-order valence-corrected chi connectivity index (χ2v) is 2.75. The molecule has 0 aromatic carbocycles. The van der Waals surface area contributed by atoms with E-state index in [1.807, 2.05) is 12.1 Å². The smallest absolute Gasteiger partial charge is 0.271 e. The van der Waals surface area contributed by atoms with Crippen LogP contribution in [0.2, 0.25) is 0 Å². The fraction of sp³-hybridized carbons (Fsp3) is 0. The number of hydrogen-bond donors (Lipinski definition) is 2. The van der Waals surface area contributed by atoms with Gasteiger partial charge in [0.2, 0.25) is 0 Å². The van der Waals surface area contributed by atoms with Gasteiger partial charge in [0.05, 0.1) is 0 Å². The van der Waals surface area contributed by atoms with Gasteiger partial charge >= 0.3 is 0 Å². The zero-order valence-electron chi connectivity index (χ0n) is 7.40. The third-order valence-electron chi connectivity index (χ3n) is 1.75. The second-order valence-electron chi connectivity index (χ2n) is 2.75. The van der Waals surface area contributed by atoms with Crippen LogP contribution in [0.15, 0.2) is 47.5 Å². The van der Waals surface area contributed by atoms with Crippen molar-refractivity contribution < 1.29 is 0 Å². The van der Waals surface area contributed by atoms with E-state index in [-0.39, 0.29) is 5.56 Å².